The first-order chi connectivity index (χ1) is 17.2. The van der Waals surface area contributed by atoms with Crippen LogP contribution in [0.15, 0.2) is 66.9 Å². The highest BCUT2D eigenvalue weighted by atomic mass is 16.3. The first-order valence-corrected chi connectivity index (χ1v) is 12.8. The van der Waals surface area contributed by atoms with Crippen molar-refractivity contribution in [2.45, 2.75) is 56.3 Å². The van der Waals surface area contributed by atoms with Crippen molar-refractivity contribution in [1.29, 1.82) is 5.26 Å². The molecule has 0 radical (unpaired) electrons. The smallest absolute Gasteiger partial charge is 0.129 e. The maximum Gasteiger partial charge on any atom is 0.129 e. The molecule has 35 heavy (non-hydrogen) atoms. The third-order valence-electron chi connectivity index (χ3n) is 8.04. The van der Waals surface area contributed by atoms with Gasteiger partial charge in [-0.3, -0.25) is 0 Å². The Bertz CT molecular complexity index is 1240. The van der Waals surface area contributed by atoms with Crippen LogP contribution in [0.5, 0.6) is 5.75 Å². The predicted octanol–water partition coefficient (Wildman–Crippen LogP) is 4.69. The van der Waals surface area contributed by atoms with E-state index in [9.17, 15) is 5.11 Å². The van der Waals surface area contributed by atoms with Crippen molar-refractivity contribution in [2.75, 3.05) is 22.9 Å². The van der Waals surface area contributed by atoms with Crippen molar-refractivity contribution >= 4 is 11.5 Å². The lowest BCUT2D eigenvalue weighted by Crippen LogP contribution is -2.72. The molecular weight excluding hydrogens is 434 g/mol. The van der Waals surface area contributed by atoms with E-state index in [2.05, 4.69) is 39.4 Å². The Morgan fingerprint density at radius 3 is 2.57 bits per heavy atom. The summed E-state index contributed by atoms with van der Waals surface area (Å²) in [6.07, 6.45) is 7.84. The fourth-order valence-corrected chi connectivity index (χ4v) is 6.36. The predicted molar refractivity (Wildman–Crippen MR) is 139 cm³/mol. The van der Waals surface area contributed by atoms with Crippen molar-refractivity contribution < 1.29 is 5.11 Å². The van der Waals surface area contributed by atoms with Crippen LogP contribution < -0.4 is 15.1 Å². The summed E-state index contributed by atoms with van der Waals surface area (Å²) in [6, 6.07) is 23.5. The van der Waals surface area contributed by atoms with Crippen molar-refractivity contribution in [3.05, 3.63) is 72.4 Å². The summed E-state index contributed by atoms with van der Waals surface area (Å²) in [5.74, 6) is 1.32. The van der Waals surface area contributed by atoms with E-state index in [-0.39, 0.29) is 0 Å². The zero-order valence-corrected chi connectivity index (χ0v) is 19.8. The number of aromatic hydroxyl groups is 1. The Kier molecular flexibility index (Phi) is 5.79. The number of fused-ring (bicyclic) bond motifs is 2. The number of phenolic OH excluding ortho intramolecular Hbond substituents is 1. The molecule has 0 bridgehead atoms. The molecule has 3 heterocycles. The molecule has 6 rings (SSSR count). The number of nitrogens with zero attached hydrogens (tertiary/aromatic N) is 4. The van der Waals surface area contributed by atoms with E-state index in [0.29, 0.717) is 35.5 Å². The summed E-state index contributed by atoms with van der Waals surface area (Å²) in [7, 11) is 0. The lowest BCUT2D eigenvalue weighted by atomic mass is 9.81. The number of aromatic nitrogens is 1. The molecule has 6 heteroatoms. The summed E-state index contributed by atoms with van der Waals surface area (Å²) in [5, 5.41) is 23.6. The molecule has 3 aliphatic rings. The molecule has 2 saturated heterocycles. The largest absolute Gasteiger partial charge is 0.507 e. The molecule has 1 aromatic heterocycles. The summed E-state index contributed by atoms with van der Waals surface area (Å²) in [4.78, 5) is 9.93. The van der Waals surface area contributed by atoms with Crippen LogP contribution in [0.2, 0.25) is 0 Å². The normalized spacial score (nSPS) is 25.9. The number of benzene rings is 2. The number of nitrogens with one attached hydrogen (secondary N) is 1. The number of piperidine rings is 1. The molecule has 178 valence electrons. The number of anilines is 2. The van der Waals surface area contributed by atoms with Gasteiger partial charge in [-0.2, -0.15) is 5.26 Å². The van der Waals surface area contributed by atoms with Crippen LogP contribution in [0.4, 0.5) is 11.5 Å². The number of pyridine rings is 1. The molecular formula is C29H31N5O. The second-order valence-electron chi connectivity index (χ2n) is 10.0. The number of para-hydroxylation sites is 1. The van der Waals surface area contributed by atoms with Gasteiger partial charge in [-0.15, -0.1) is 0 Å². The molecule has 2 unspecified atom stereocenters. The fraction of sp³-hybridized carbons (Fsp3) is 0.379. The molecule has 1 aliphatic carbocycles. The Balaban J connectivity index is 1.32. The average Bonchev–Trinajstić information content (AvgIpc) is 2.92. The lowest BCUT2D eigenvalue weighted by Gasteiger charge is -2.56. The van der Waals surface area contributed by atoms with Crippen LogP contribution in [-0.4, -0.2) is 47.3 Å². The number of piperazine rings is 1. The SMILES string of the molecule is N#Cc1ccc(N2CCC3C(C2)N[C@@H]2CCCC[C@H]2N3c2cc(-c3ccccc3O)ccn2)cc1. The summed E-state index contributed by atoms with van der Waals surface area (Å²) in [6.45, 7) is 1.91. The van der Waals surface area contributed by atoms with Crippen LogP contribution in [0.25, 0.3) is 11.1 Å². The van der Waals surface area contributed by atoms with E-state index >= 15 is 0 Å². The summed E-state index contributed by atoms with van der Waals surface area (Å²) in [5.41, 5.74) is 3.73. The van der Waals surface area contributed by atoms with Crippen molar-refractivity contribution in [3.63, 3.8) is 0 Å². The zero-order chi connectivity index (χ0) is 23.8. The molecule has 2 aliphatic heterocycles. The van der Waals surface area contributed by atoms with Gasteiger partial charge in [-0.05, 0) is 67.3 Å². The number of rotatable bonds is 3. The molecule has 0 amide bonds. The first kappa shape index (κ1) is 21.9. The topological polar surface area (TPSA) is 75.4 Å². The quantitative estimate of drug-likeness (QED) is 0.584. The molecule has 1 saturated carbocycles. The zero-order valence-electron chi connectivity index (χ0n) is 19.8. The third kappa shape index (κ3) is 4.11. The van der Waals surface area contributed by atoms with Gasteiger partial charge in [-0.25, -0.2) is 4.98 Å². The number of hydrogen-bond donors (Lipinski definition) is 2. The summed E-state index contributed by atoms with van der Waals surface area (Å²) >= 11 is 0. The standard InChI is InChI=1S/C29H31N5O/c30-18-20-9-11-22(12-10-20)33-16-14-27-25(19-33)32-24-6-2-3-7-26(24)34(27)29-17-21(13-15-31-29)23-5-1-4-8-28(23)35/h1,4-5,8-13,15,17,24-27,32,35H,2-3,6-7,14,16,19H2/t24-,25?,26-,27?/m1/s1. The maximum atomic E-state index is 10.4. The van der Waals surface area contributed by atoms with Gasteiger partial charge in [0.1, 0.15) is 11.6 Å². The molecule has 3 aromatic rings. The van der Waals surface area contributed by atoms with Gasteiger partial charge in [0.2, 0.25) is 0 Å². The number of phenols is 1. The van der Waals surface area contributed by atoms with E-state index in [0.717, 1.165) is 36.5 Å². The number of hydrogen-bond acceptors (Lipinski definition) is 6. The Morgan fingerprint density at radius 2 is 1.74 bits per heavy atom. The minimum Gasteiger partial charge on any atom is -0.507 e. The molecule has 0 spiro atoms. The van der Waals surface area contributed by atoms with Crippen molar-refractivity contribution in [2.24, 2.45) is 0 Å². The highest BCUT2D eigenvalue weighted by molar-refractivity contribution is 5.72. The van der Waals surface area contributed by atoms with Gasteiger partial charge >= 0.3 is 0 Å². The average molecular weight is 466 g/mol. The van der Waals surface area contributed by atoms with Gasteiger partial charge < -0.3 is 20.2 Å². The Morgan fingerprint density at radius 1 is 0.943 bits per heavy atom. The molecule has 2 aromatic carbocycles. The van der Waals surface area contributed by atoms with Gasteiger partial charge in [0.25, 0.3) is 0 Å². The van der Waals surface area contributed by atoms with E-state index in [1.165, 1.54) is 31.4 Å². The highest BCUT2D eigenvalue weighted by Gasteiger charge is 2.46. The van der Waals surface area contributed by atoms with E-state index in [1.54, 1.807) is 6.07 Å². The fourth-order valence-electron chi connectivity index (χ4n) is 6.36. The van der Waals surface area contributed by atoms with E-state index in [4.69, 9.17) is 10.2 Å². The van der Waals surface area contributed by atoms with Crippen molar-refractivity contribution in [3.8, 4) is 22.9 Å². The van der Waals surface area contributed by atoms with Crippen LogP contribution in [0.3, 0.4) is 0 Å². The minimum atomic E-state index is 0.300. The Labute approximate surface area is 206 Å². The van der Waals surface area contributed by atoms with E-state index in [1.807, 2.05) is 42.6 Å². The van der Waals surface area contributed by atoms with Crippen LogP contribution in [0.1, 0.15) is 37.7 Å². The monoisotopic (exact) mass is 465 g/mol. The number of nitriles is 1. The first-order valence-electron chi connectivity index (χ1n) is 12.8. The van der Waals surface area contributed by atoms with Gasteiger partial charge in [0.15, 0.2) is 0 Å². The third-order valence-corrected chi connectivity index (χ3v) is 8.04. The van der Waals surface area contributed by atoms with Crippen LogP contribution >= 0.6 is 0 Å². The highest BCUT2D eigenvalue weighted by Crippen LogP contribution is 2.38. The van der Waals surface area contributed by atoms with E-state index < -0.39 is 0 Å². The molecule has 4 atom stereocenters. The molecule has 6 nitrogen and oxygen atoms in total. The Hall–Kier alpha value is -3.56. The maximum absolute atomic E-state index is 10.4. The second-order valence-corrected chi connectivity index (χ2v) is 10.0. The lowest BCUT2D eigenvalue weighted by molar-refractivity contribution is 0.188. The van der Waals surface area contributed by atoms with Crippen LogP contribution in [0, 0.1) is 11.3 Å². The van der Waals surface area contributed by atoms with Gasteiger partial charge in [0, 0.05) is 54.7 Å². The van der Waals surface area contributed by atoms with Crippen LogP contribution in [-0.2, 0) is 0 Å². The van der Waals surface area contributed by atoms with Gasteiger partial charge in [0.05, 0.1) is 11.6 Å². The van der Waals surface area contributed by atoms with Gasteiger partial charge in [-0.1, -0.05) is 31.0 Å². The minimum absolute atomic E-state index is 0.300. The summed E-state index contributed by atoms with van der Waals surface area (Å²) < 4.78 is 0. The molecule has 3 fully saturated rings. The second kappa shape index (κ2) is 9.24. The van der Waals surface area contributed by atoms with Crippen molar-refractivity contribution in [1.82, 2.24) is 10.3 Å². The molecule has 2 N–H and O–H groups in total.